The number of nitriles is 1. The van der Waals surface area contributed by atoms with Gasteiger partial charge in [-0.3, -0.25) is 0 Å². The molecule has 1 N–H and O–H groups in total. The maximum Gasteiger partial charge on any atom is 0.134 e. The van der Waals surface area contributed by atoms with Crippen LogP contribution < -0.4 is 0 Å². The zero-order valence-electron chi connectivity index (χ0n) is 9.77. The molecular weight excluding hydrogens is 281 g/mol. The number of hydrogen-bond acceptors (Lipinski definition) is 2. The second-order valence-electron chi connectivity index (χ2n) is 3.89. The van der Waals surface area contributed by atoms with Crippen LogP contribution in [0, 0.1) is 11.3 Å². The Bertz CT molecular complexity index is 687. The molecule has 4 heteroatoms. The highest BCUT2D eigenvalue weighted by Gasteiger charge is 2.03. The largest absolute Gasteiger partial charge is 0.506 e. The van der Waals surface area contributed by atoms with Crippen molar-refractivity contribution in [3.8, 4) is 11.8 Å². The number of halogens is 2. The molecule has 0 aliphatic rings. The average molecular weight is 290 g/mol. The zero-order valence-corrected chi connectivity index (χ0v) is 11.3. The zero-order chi connectivity index (χ0) is 13.8. The lowest BCUT2D eigenvalue weighted by molar-refractivity contribution is 0.475. The van der Waals surface area contributed by atoms with E-state index in [0.717, 1.165) is 11.1 Å². The minimum atomic E-state index is 0.0140. The van der Waals surface area contributed by atoms with E-state index in [4.69, 9.17) is 23.2 Å². The quantitative estimate of drug-likeness (QED) is 0.640. The first-order valence-corrected chi connectivity index (χ1v) is 6.22. The van der Waals surface area contributed by atoms with Gasteiger partial charge in [0.1, 0.15) is 5.75 Å². The molecule has 0 unspecified atom stereocenters. The number of allylic oxidation sites excluding steroid dienone is 1. The van der Waals surface area contributed by atoms with Crippen LogP contribution in [0.1, 0.15) is 11.1 Å². The molecule has 2 aromatic carbocycles. The van der Waals surface area contributed by atoms with Gasteiger partial charge in [-0.2, -0.15) is 5.26 Å². The lowest BCUT2D eigenvalue weighted by Gasteiger charge is -2.02. The van der Waals surface area contributed by atoms with E-state index in [2.05, 4.69) is 6.07 Å². The molecule has 0 aromatic heterocycles. The molecule has 2 rings (SSSR count). The third-order valence-corrected chi connectivity index (χ3v) is 3.08. The van der Waals surface area contributed by atoms with E-state index in [-0.39, 0.29) is 10.8 Å². The van der Waals surface area contributed by atoms with E-state index in [0.29, 0.717) is 10.6 Å². The molecule has 0 amide bonds. The topological polar surface area (TPSA) is 44.0 Å². The van der Waals surface area contributed by atoms with Gasteiger partial charge in [0, 0.05) is 5.02 Å². The maximum atomic E-state index is 9.35. The van der Waals surface area contributed by atoms with Crippen molar-refractivity contribution < 1.29 is 5.11 Å². The Hall–Kier alpha value is -1.95. The number of aromatic hydroxyl groups is 1. The lowest BCUT2D eigenvalue weighted by Crippen LogP contribution is -1.82. The van der Waals surface area contributed by atoms with Crippen molar-refractivity contribution >= 4 is 34.9 Å². The van der Waals surface area contributed by atoms with Gasteiger partial charge in [0.25, 0.3) is 0 Å². The molecule has 94 valence electrons. The molecule has 0 saturated heterocycles. The van der Waals surface area contributed by atoms with Crippen LogP contribution in [0.2, 0.25) is 10.0 Å². The molecule has 19 heavy (non-hydrogen) atoms. The normalized spacial score (nSPS) is 11.1. The Labute approximate surface area is 121 Å². The fourth-order valence-corrected chi connectivity index (χ4v) is 2.00. The van der Waals surface area contributed by atoms with Crippen LogP contribution in [0.5, 0.6) is 5.75 Å². The monoisotopic (exact) mass is 289 g/mol. The van der Waals surface area contributed by atoms with Crippen LogP contribution in [0.25, 0.3) is 11.6 Å². The van der Waals surface area contributed by atoms with Crippen molar-refractivity contribution in [3.63, 3.8) is 0 Å². The van der Waals surface area contributed by atoms with Gasteiger partial charge >= 0.3 is 0 Å². The van der Waals surface area contributed by atoms with Crippen LogP contribution in [-0.2, 0) is 0 Å². The minimum absolute atomic E-state index is 0.0140. The van der Waals surface area contributed by atoms with Crippen molar-refractivity contribution in [1.82, 2.24) is 0 Å². The van der Waals surface area contributed by atoms with Gasteiger partial charge in [0.05, 0.1) is 16.7 Å². The van der Waals surface area contributed by atoms with Crippen LogP contribution in [0.3, 0.4) is 0 Å². The number of phenolic OH excluding ortho intramolecular Hbond substituents is 1. The summed E-state index contributed by atoms with van der Waals surface area (Å²) in [5.41, 5.74) is 1.95. The van der Waals surface area contributed by atoms with Crippen molar-refractivity contribution in [1.29, 1.82) is 5.26 Å². The van der Waals surface area contributed by atoms with Crippen molar-refractivity contribution in [2.24, 2.45) is 0 Å². The Morgan fingerprint density at radius 2 is 1.95 bits per heavy atom. The van der Waals surface area contributed by atoms with Gasteiger partial charge in [-0.15, -0.1) is 0 Å². The van der Waals surface area contributed by atoms with Crippen molar-refractivity contribution in [2.45, 2.75) is 0 Å². The van der Waals surface area contributed by atoms with E-state index >= 15 is 0 Å². The van der Waals surface area contributed by atoms with Crippen LogP contribution >= 0.6 is 23.2 Å². The molecular formula is C15H9Cl2NO. The SMILES string of the molecule is N#C/C(=C/c1ccc(O)c(Cl)c1)c1cccc(Cl)c1. The van der Waals surface area contributed by atoms with Gasteiger partial charge in [0.15, 0.2) is 0 Å². The van der Waals surface area contributed by atoms with Gasteiger partial charge in [-0.25, -0.2) is 0 Å². The Morgan fingerprint density at radius 1 is 1.16 bits per heavy atom. The molecule has 0 aliphatic heterocycles. The summed E-state index contributed by atoms with van der Waals surface area (Å²) >= 11 is 11.7. The van der Waals surface area contributed by atoms with E-state index in [1.165, 1.54) is 6.07 Å². The first-order chi connectivity index (χ1) is 9.10. The molecule has 0 saturated carbocycles. The summed E-state index contributed by atoms with van der Waals surface area (Å²) in [6.45, 7) is 0. The molecule has 0 bridgehead atoms. The van der Waals surface area contributed by atoms with Gasteiger partial charge in [-0.05, 0) is 41.5 Å². The Kier molecular flexibility index (Phi) is 4.11. The summed E-state index contributed by atoms with van der Waals surface area (Å²) in [5, 5.41) is 19.4. The van der Waals surface area contributed by atoms with Crippen molar-refractivity contribution in [2.75, 3.05) is 0 Å². The second kappa shape index (κ2) is 5.79. The minimum Gasteiger partial charge on any atom is -0.506 e. The predicted molar refractivity (Wildman–Crippen MR) is 78.1 cm³/mol. The molecule has 0 heterocycles. The van der Waals surface area contributed by atoms with E-state index < -0.39 is 0 Å². The van der Waals surface area contributed by atoms with E-state index in [9.17, 15) is 10.4 Å². The molecule has 0 fully saturated rings. The Morgan fingerprint density at radius 3 is 2.58 bits per heavy atom. The first-order valence-electron chi connectivity index (χ1n) is 5.46. The average Bonchev–Trinajstić information content (AvgIpc) is 2.40. The van der Waals surface area contributed by atoms with E-state index in [1.807, 2.05) is 6.07 Å². The second-order valence-corrected chi connectivity index (χ2v) is 4.73. The van der Waals surface area contributed by atoms with Gasteiger partial charge in [-0.1, -0.05) is 41.4 Å². The van der Waals surface area contributed by atoms with Crippen LogP contribution in [0.4, 0.5) is 0 Å². The van der Waals surface area contributed by atoms with Crippen LogP contribution in [-0.4, -0.2) is 5.11 Å². The molecule has 2 aromatic rings. The third kappa shape index (κ3) is 3.29. The smallest absolute Gasteiger partial charge is 0.134 e. The lowest BCUT2D eigenvalue weighted by atomic mass is 10.0. The fourth-order valence-electron chi connectivity index (χ4n) is 1.62. The van der Waals surface area contributed by atoms with Gasteiger partial charge in [0.2, 0.25) is 0 Å². The van der Waals surface area contributed by atoms with Crippen LogP contribution in [0.15, 0.2) is 42.5 Å². The summed E-state index contributed by atoms with van der Waals surface area (Å²) < 4.78 is 0. The number of hydrogen-bond donors (Lipinski definition) is 1. The number of rotatable bonds is 2. The number of phenols is 1. The highest BCUT2D eigenvalue weighted by molar-refractivity contribution is 6.32. The summed E-state index contributed by atoms with van der Waals surface area (Å²) in [4.78, 5) is 0. The standard InChI is InChI=1S/C15H9Cl2NO/c16-13-3-1-2-11(8-13)12(9-18)6-10-4-5-15(19)14(17)7-10/h1-8,19H/b12-6-. The third-order valence-electron chi connectivity index (χ3n) is 2.54. The molecule has 0 radical (unpaired) electrons. The Balaban J connectivity index is 2.44. The molecule has 0 spiro atoms. The summed E-state index contributed by atoms with van der Waals surface area (Å²) in [5.74, 6) is 0.0140. The maximum absolute atomic E-state index is 9.35. The summed E-state index contributed by atoms with van der Waals surface area (Å²) in [6, 6.07) is 14.0. The van der Waals surface area contributed by atoms with Gasteiger partial charge < -0.3 is 5.11 Å². The number of nitrogens with zero attached hydrogens (tertiary/aromatic N) is 1. The highest BCUT2D eigenvalue weighted by atomic mass is 35.5. The highest BCUT2D eigenvalue weighted by Crippen LogP contribution is 2.26. The first kappa shape index (κ1) is 13.5. The number of benzene rings is 2. The summed E-state index contributed by atoms with van der Waals surface area (Å²) in [7, 11) is 0. The molecule has 0 aliphatic carbocycles. The van der Waals surface area contributed by atoms with E-state index in [1.54, 1.807) is 36.4 Å². The fraction of sp³-hybridized carbons (Fsp3) is 0. The molecule has 2 nitrogen and oxygen atoms in total. The van der Waals surface area contributed by atoms with Crippen molar-refractivity contribution in [3.05, 3.63) is 63.6 Å². The molecule has 0 atom stereocenters. The summed E-state index contributed by atoms with van der Waals surface area (Å²) in [6.07, 6.45) is 1.69. The predicted octanol–water partition coefficient (Wildman–Crippen LogP) is 4.76.